The standard InChI is InChI=1S/C28H23ClF3N3O4/c1-3-16-10-20(39-19-5-7-23(29)22(12-19)28(30,31)32)14-33-24(16)15-38-26-13-25-21-6-4-18(37-2)11-17(21)8-9-35(25)27(36)34-26/h4-7,10-14H,3,8-9,15H2,1-2H3. The van der Waals surface area contributed by atoms with E-state index in [2.05, 4.69) is 9.97 Å². The summed E-state index contributed by atoms with van der Waals surface area (Å²) in [7, 11) is 1.61. The van der Waals surface area contributed by atoms with Crippen LogP contribution in [0.4, 0.5) is 13.2 Å². The zero-order valence-corrected chi connectivity index (χ0v) is 21.8. The molecule has 0 N–H and O–H groups in total. The maximum atomic E-state index is 13.2. The second kappa shape index (κ2) is 10.6. The second-order valence-corrected chi connectivity index (χ2v) is 9.25. The minimum absolute atomic E-state index is 0.0174. The van der Waals surface area contributed by atoms with E-state index in [4.69, 9.17) is 25.8 Å². The molecule has 0 radical (unpaired) electrons. The minimum atomic E-state index is -4.60. The molecule has 0 fully saturated rings. The minimum Gasteiger partial charge on any atom is -0.497 e. The molecule has 0 saturated heterocycles. The van der Waals surface area contributed by atoms with Crippen molar-refractivity contribution >= 4 is 11.6 Å². The van der Waals surface area contributed by atoms with Crippen LogP contribution in [0.1, 0.15) is 29.3 Å². The maximum absolute atomic E-state index is 13.2. The van der Waals surface area contributed by atoms with Gasteiger partial charge >= 0.3 is 11.9 Å². The average Bonchev–Trinajstić information content (AvgIpc) is 2.92. The van der Waals surface area contributed by atoms with Gasteiger partial charge in [0.2, 0.25) is 5.88 Å². The van der Waals surface area contributed by atoms with E-state index in [1.807, 2.05) is 25.1 Å². The highest BCUT2D eigenvalue weighted by molar-refractivity contribution is 6.31. The van der Waals surface area contributed by atoms with Gasteiger partial charge in [-0.25, -0.2) is 4.79 Å². The van der Waals surface area contributed by atoms with E-state index in [1.165, 1.54) is 12.3 Å². The molecule has 0 saturated carbocycles. The summed E-state index contributed by atoms with van der Waals surface area (Å²) in [5, 5.41) is -0.409. The van der Waals surface area contributed by atoms with Crippen LogP contribution in [-0.4, -0.2) is 21.6 Å². The fourth-order valence-electron chi connectivity index (χ4n) is 4.46. The van der Waals surface area contributed by atoms with Gasteiger partial charge in [-0.2, -0.15) is 18.2 Å². The van der Waals surface area contributed by atoms with Crippen LogP contribution in [0.5, 0.6) is 23.1 Å². The van der Waals surface area contributed by atoms with Crippen molar-refractivity contribution in [1.82, 2.24) is 14.5 Å². The Balaban J connectivity index is 1.35. The number of hydrogen-bond donors (Lipinski definition) is 0. The number of hydrogen-bond acceptors (Lipinski definition) is 6. The first-order chi connectivity index (χ1) is 18.7. The van der Waals surface area contributed by atoms with Gasteiger partial charge in [0.1, 0.15) is 23.9 Å². The molecule has 0 amide bonds. The third-order valence-corrected chi connectivity index (χ3v) is 6.76. The number of alkyl halides is 3. The molecule has 2 aromatic carbocycles. The SMILES string of the molecule is CCc1cc(Oc2ccc(Cl)c(C(F)(F)F)c2)cnc1COc1cc2n(c(=O)n1)CCc1cc(OC)ccc1-2. The predicted octanol–water partition coefficient (Wildman–Crippen LogP) is 6.48. The highest BCUT2D eigenvalue weighted by Gasteiger charge is 2.33. The molecule has 1 aliphatic heterocycles. The lowest BCUT2D eigenvalue weighted by Crippen LogP contribution is -2.28. The number of aryl methyl sites for hydroxylation is 2. The van der Waals surface area contributed by atoms with Gasteiger partial charge in [-0.15, -0.1) is 0 Å². The molecule has 1 aliphatic rings. The van der Waals surface area contributed by atoms with Crippen molar-refractivity contribution < 1.29 is 27.4 Å². The number of rotatable bonds is 7. The third kappa shape index (κ3) is 5.56. The van der Waals surface area contributed by atoms with Crippen LogP contribution in [0.2, 0.25) is 5.02 Å². The maximum Gasteiger partial charge on any atom is 0.417 e. The fraction of sp³-hybridized carbons (Fsp3) is 0.250. The van der Waals surface area contributed by atoms with Crippen LogP contribution >= 0.6 is 11.6 Å². The van der Waals surface area contributed by atoms with Gasteiger partial charge in [-0.3, -0.25) is 9.55 Å². The Morgan fingerprint density at radius 3 is 2.59 bits per heavy atom. The number of benzene rings is 2. The molecule has 39 heavy (non-hydrogen) atoms. The van der Waals surface area contributed by atoms with Crippen LogP contribution < -0.4 is 19.9 Å². The Morgan fingerprint density at radius 2 is 1.85 bits per heavy atom. The number of nitrogens with zero attached hydrogens (tertiary/aromatic N) is 3. The molecule has 202 valence electrons. The number of ether oxygens (including phenoxy) is 3. The first-order valence-electron chi connectivity index (χ1n) is 12.1. The quantitative estimate of drug-likeness (QED) is 0.259. The molecule has 5 rings (SSSR count). The lowest BCUT2D eigenvalue weighted by Gasteiger charge is -2.22. The smallest absolute Gasteiger partial charge is 0.417 e. The second-order valence-electron chi connectivity index (χ2n) is 8.85. The summed E-state index contributed by atoms with van der Waals surface area (Å²) in [4.78, 5) is 21.2. The zero-order chi connectivity index (χ0) is 27.7. The summed E-state index contributed by atoms with van der Waals surface area (Å²) in [5.74, 6) is 1.16. The Hall–Kier alpha value is -4.05. The van der Waals surface area contributed by atoms with Crippen molar-refractivity contribution in [1.29, 1.82) is 0 Å². The molecule has 0 atom stereocenters. The first kappa shape index (κ1) is 26.6. The lowest BCUT2D eigenvalue weighted by atomic mass is 9.97. The Bertz CT molecular complexity index is 1600. The van der Waals surface area contributed by atoms with Crippen molar-refractivity contribution in [2.45, 2.75) is 39.1 Å². The predicted molar refractivity (Wildman–Crippen MR) is 139 cm³/mol. The normalized spacial score (nSPS) is 12.5. The number of aromatic nitrogens is 3. The van der Waals surface area contributed by atoms with E-state index >= 15 is 0 Å². The zero-order valence-electron chi connectivity index (χ0n) is 21.0. The fourth-order valence-corrected chi connectivity index (χ4v) is 4.68. The van der Waals surface area contributed by atoms with E-state index in [9.17, 15) is 18.0 Å². The van der Waals surface area contributed by atoms with Crippen molar-refractivity contribution in [3.8, 4) is 34.4 Å². The van der Waals surface area contributed by atoms with Crippen molar-refractivity contribution in [2.75, 3.05) is 7.11 Å². The summed E-state index contributed by atoms with van der Waals surface area (Å²) in [6.45, 7) is 2.44. The van der Waals surface area contributed by atoms with Crippen LogP contribution in [0.3, 0.4) is 0 Å². The Morgan fingerprint density at radius 1 is 1.05 bits per heavy atom. The molecular formula is C28H23ClF3N3O4. The van der Waals surface area contributed by atoms with E-state index in [0.29, 0.717) is 30.8 Å². The van der Waals surface area contributed by atoms with Crippen LogP contribution in [0, 0.1) is 0 Å². The monoisotopic (exact) mass is 557 g/mol. The topological polar surface area (TPSA) is 75.5 Å². The van der Waals surface area contributed by atoms with E-state index in [0.717, 1.165) is 34.6 Å². The van der Waals surface area contributed by atoms with Gasteiger partial charge in [-0.1, -0.05) is 18.5 Å². The summed E-state index contributed by atoms with van der Waals surface area (Å²) in [6.07, 6.45) is -1.95. The van der Waals surface area contributed by atoms with Crippen molar-refractivity contribution in [2.24, 2.45) is 0 Å². The van der Waals surface area contributed by atoms with Gasteiger partial charge in [-0.05, 0) is 66.4 Å². The molecular weight excluding hydrogens is 535 g/mol. The number of methoxy groups -OCH3 is 1. The molecule has 0 bridgehead atoms. The molecule has 0 aliphatic carbocycles. The molecule has 7 nitrogen and oxygen atoms in total. The van der Waals surface area contributed by atoms with E-state index < -0.39 is 22.5 Å². The van der Waals surface area contributed by atoms with E-state index in [1.54, 1.807) is 23.8 Å². The van der Waals surface area contributed by atoms with Gasteiger partial charge in [0.25, 0.3) is 0 Å². The molecule has 2 aromatic heterocycles. The molecule has 4 aromatic rings. The largest absolute Gasteiger partial charge is 0.497 e. The van der Waals surface area contributed by atoms with Gasteiger partial charge in [0.05, 0.1) is 35.3 Å². The van der Waals surface area contributed by atoms with Gasteiger partial charge in [0.15, 0.2) is 0 Å². The first-order valence-corrected chi connectivity index (χ1v) is 12.5. The average molecular weight is 558 g/mol. The summed E-state index contributed by atoms with van der Waals surface area (Å²) in [6, 6.07) is 12.5. The lowest BCUT2D eigenvalue weighted by molar-refractivity contribution is -0.137. The van der Waals surface area contributed by atoms with Crippen LogP contribution in [-0.2, 0) is 32.2 Å². The molecule has 3 heterocycles. The van der Waals surface area contributed by atoms with Crippen LogP contribution in [0.15, 0.2) is 59.5 Å². The molecule has 11 heteroatoms. The summed E-state index contributed by atoms with van der Waals surface area (Å²) < 4.78 is 58.0. The third-order valence-electron chi connectivity index (χ3n) is 6.43. The van der Waals surface area contributed by atoms with Gasteiger partial charge in [0, 0.05) is 18.2 Å². The highest BCUT2D eigenvalue weighted by Crippen LogP contribution is 2.38. The van der Waals surface area contributed by atoms with Gasteiger partial charge < -0.3 is 14.2 Å². The molecule has 0 unspecified atom stereocenters. The van der Waals surface area contributed by atoms with Crippen LogP contribution in [0.25, 0.3) is 11.3 Å². The molecule has 0 spiro atoms. The number of pyridine rings is 1. The Kier molecular flexibility index (Phi) is 7.22. The summed E-state index contributed by atoms with van der Waals surface area (Å²) in [5.41, 5.74) is 2.66. The number of halogens is 4. The van der Waals surface area contributed by atoms with Crippen molar-refractivity contribution in [3.05, 3.63) is 92.6 Å². The van der Waals surface area contributed by atoms with Crippen molar-refractivity contribution in [3.63, 3.8) is 0 Å². The summed E-state index contributed by atoms with van der Waals surface area (Å²) >= 11 is 5.69. The Labute approximate surface area is 226 Å². The highest BCUT2D eigenvalue weighted by atomic mass is 35.5. The number of fused-ring (bicyclic) bond motifs is 3. The van der Waals surface area contributed by atoms with E-state index in [-0.39, 0.29) is 24.0 Å².